The van der Waals surface area contributed by atoms with E-state index in [2.05, 4.69) is 5.32 Å². The minimum atomic E-state index is -4.92. The van der Waals surface area contributed by atoms with Gasteiger partial charge in [-0.05, 0) is 29.8 Å². The Balaban J connectivity index is 2.38. The zero-order chi connectivity index (χ0) is 16.2. The van der Waals surface area contributed by atoms with Gasteiger partial charge < -0.3 is 5.32 Å². The maximum Gasteiger partial charge on any atom is 0.454 e. The number of carbonyl (C=O) groups is 1. The highest BCUT2D eigenvalue weighted by Gasteiger charge is 2.36. The van der Waals surface area contributed by atoms with Crippen LogP contribution in [0.5, 0.6) is 0 Å². The van der Waals surface area contributed by atoms with Crippen molar-refractivity contribution in [3.05, 3.63) is 71.3 Å². The lowest BCUT2D eigenvalue weighted by molar-refractivity contribution is -0.165. The van der Waals surface area contributed by atoms with E-state index in [0.717, 1.165) is 0 Å². The molecule has 2 nitrogen and oxygen atoms in total. The van der Waals surface area contributed by atoms with Gasteiger partial charge in [-0.2, -0.15) is 13.2 Å². The van der Waals surface area contributed by atoms with Gasteiger partial charge in [0.25, 0.3) is 5.78 Å². The molecule has 2 rings (SSSR count). The van der Waals surface area contributed by atoms with Crippen molar-refractivity contribution in [2.45, 2.75) is 6.18 Å². The van der Waals surface area contributed by atoms with E-state index in [0.29, 0.717) is 22.3 Å². The molecule has 6 heteroatoms. The largest absolute Gasteiger partial charge is 0.454 e. The number of para-hydroxylation sites is 1. The molecule has 0 amide bonds. The topological polar surface area (TPSA) is 29.1 Å². The van der Waals surface area contributed by atoms with Gasteiger partial charge in [-0.15, -0.1) is 0 Å². The van der Waals surface area contributed by atoms with Crippen LogP contribution < -0.4 is 5.32 Å². The van der Waals surface area contributed by atoms with Gasteiger partial charge in [-0.3, -0.25) is 4.79 Å². The van der Waals surface area contributed by atoms with Gasteiger partial charge in [0.15, 0.2) is 0 Å². The Bertz CT molecular complexity index is 679. The number of hydrogen-bond acceptors (Lipinski definition) is 2. The summed E-state index contributed by atoms with van der Waals surface area (Å²) in [5.74, 6) is -1.93. The SMILES string of the molecule is O=C(/C=C(\Nc1ccccc1)c1ccc(Cl)cc1)C(F)(F)F. The molecule has 0 aromatic heterocycles. The molecule has 0 saturated heterocycles. The second kappa shape index (κ2) is 6.66. The van der Waals surface area contributed by atoms with Crippen molar-refractivity contribution in [3.8, 4) is 0 Å². The molecule has 0 radical (unpaired) electrons. The number of ketones is 1. The van der Waals surface area contributed by atoms with E-state index in [1.807, 2.05) is 0 Å². The molecule has 0 fully saturated rings. The Morgan fingerprint density at radius 1 is 1.00 bits per heavy atom. The Kier molecular flexibility index (Phi) is 4.88. The number of rotatable bonds is 4. The lowest BCUT2D eigenvalue weighted by Gasteiger charge is -2.12. The van der Waals surface area contributed by atoms with Crippen LogP contribution in [0.3, 0.4) is 0 Å². The first-order valence-electron chi connectivity index (χ1n) is 6.27. The van der Waals surface area contributed by atoms with E-state index in [9.17, 15) is 18.0 Å². The maximum atomic E-state index is 12.5. The molecule has 22 heavy (non-hydrogen) atoms. The minimum Gasteiger partial charge on any atom is -0.355 e. The van der Waals surface area contributed by atoms with E-state index in [1.54, 1.807) is 30.3 Å². The van der Waals surface area contributed by atoms with Crippen LogP contribution >= 0.6 is 11.6 Å². The van der Waals surface area contributed by atoms with Gasteiger partial charge in [-0.25, -0.2) is 0 Å². The fourth-order valence-corrected chi connectivity index (χ4v) is 1.84. The highest BCUT2D eigenvalue weighted by atomic mass is 35.5. The minimum absolute atomic E-state index is 0.0465. The second-order valence-electron chi connectivity index (χ2n) is 4.42. The number of nitrogens with one attached hydrogen (secondary N) is 1. The molecule has 0 aliphatic carbocycles. The highest BCUT2D eigenvalue weighted by Crippen LogP contribution is 2.24. The first-order chi connectivity index (χ1) is 10.4. The van der Waals surface area contributed by atoms with Gasteiger partial charge in [0.05, 0.1) is 0 Å². The smallest absolute Gasteiger partial charge is 0.355 e. The first kappa shape index (κ1) is 16.1. The zero-order valence-corrected chi connectivity index (χ0v) is 11.9. The first-order valence-corrected chi connectivity index (χ1v) is 6.65. The summed E-state index contributed by atoms with van der Waals surface area (Å²) in [6.07, 6.45) is -4.38. The number of halogens is 4. The Morgan fingerprint density at radius 2 is 1.59 bits per heavy atom. The van der Waals surface area contributed by atoms with Crippen LogP contribution in [-0.2, 0) is 4.79 Å². The van der Waals surface area contributed by atoms with Crippen LogP contribution in [0.4, 0.5) is 18.9 Å². The summed E-state index contributed by atoms with van der Waals surface area (Å²) >= 11 is 5.77. The summed E-state index contributed by atoms with van der Waals surface area (Å²) in [4.78, 5) is 11.2. The molecule has 1 N–H and O–H groups in total. The molecule has 0 heterocycles. The Hall–Kier alpha value is -2.27. The van der Waals surface area contributed by atoms with Gasteiger partial charge in [0.2, 0.25) is 0 Å². The monoisotopic (exact) mass is 325 g/mol. The molecule has 2 aromatic rings. The van der Waals surface area contributed by atoms with Crippen LogP contribution in [0.15, 0.2) is 60.7 Å². The van der Waals surface area contributed by atoms with Gasteiger partial charge in [0.1, 0.15) is 0 Å². The Morgan fingerprint density at radius 3 is 2.14 bits per heavy atom. The van der Waals surface area contributed by atoms with Crippen molar-refractivity contribution in [1.82, 2.24) is 0 Å². The van der Waals surface area contributed by atoms with Crippen molar-refractivity contribution >= 4 is 28.8 Å². The quantitative estimate of drug-likeness (QED) is 0.808. The van der Waals surface area contributed by atoms with Crippen molar-refractivity contribution in [2.75, 3.05) is 5.32 Å². The number of benzene rings is 2. The summed E-state index contributed by atoms with van der Waals surface area (Å²) in [5.41, 5.74) is 1.04. The third-order valence-electron chi connectivity index (χ3n) is 2.76. The van der Waals surface area contributed by atoms with Crippen molar-refractivity contribution < 1.29 is 18.0 Å². The van der Waals surface area contributed by atoms with Crippen LogP contribution in [0.25, 0.3) is 5.70 Å². The molecule has 0 bridgehead atoms. The normalized spacial score (nSPS) is 12.1. The predicted molar refractivity (Wildman–Crippen MR) is 80.6 cm³/mol. The van der Waals surface area contributed by atoms with Crippen LogP contribution in [0, 0.1) is 0 Å². The highest BCUT2D eigenvalue weighted by molar-refractivity contribution is 6.30. The number of alkyl halides is 3. The van der Waals surface area contributed by atoms with Crippen molar-refractivity contribution in [2.24, 2.45) is 0 Å². The van der Waals surface area contributed by atoms with Gasteiger partial charge >= 0.3 is 6.18 Å². The van der Waals surface area contributed by atoms with Crippen LogP contribution in [0.1, 0.15) is 5.56 Å². The number of anilines is 1. The predicted octanol–water partition coefficient (Wildman–Crippen LogP) is 4.92. The fraction of sp³-hybridized carbons (Fsp3) is 0.0625. The van der Waals surface area contributed by atoms with E-state index in [1.165, 1.54) is 24.3 Å². The number of allylic oxidation sites excluding steroid dienone is 1. The molecule has 0 unspecified atom stereocenters. The standard InChI is InChI=1S/C16H11ClF3NO/c17-12-8-6-11(7-9-12)14(10-15(22)16(18,19)20)21-13-4-2-1-3-5-13/h1-10,21H/b14-10-. The molecule has 114 valence electrons. The zero-order valence-electron chi connectivity index (χ0n) is 11.2. The number of carbonyl (C=O) groups excluding carboxylic acids is 1. The van der Waals surface area contributed by atoms with Crippen molar-refractivity contribution in [1.29, 1.82) is 0 Å². The molecule has 2 aromatic carbocycles. The molecular formula is C16H11ClF3NO. The lowest BCUT2D eigenvalue weighted by atomic mass is 10.1. The third kappa shape index (κ3) is 4.36. The maximum absolute atomic E-state index is 12.5. The summed E-state index contributed by atoms with van der Waals surface area (Å²) in [6, 6.07) is 14.7. The van der Waals surface area contributed by atoms with Gasteiger partial charge in [-0.1, -0.05) is 41.9 Å². The van der Waals surface area contributed by atoms with E-state index < -0.39 is 12.0 Å². The molecule has 0 atom stereocenters. The summed E-state index contributed by atoms with van der Waals surface area (Å²) in [5, 5.41) is 3.26. The van der Waals surface area contributed by atoms with Crippen LogP contribution in [0.2, 0.25) is 5.02 Å². The summed E-state index contributed by atoms with van der Waals surface area (Å²) in [7, 11) is 0. The fourth-order valence-electron chi connectivity index (χ4n) is 1.71. The average molecular weight is 326 g/mol. The van der Waals surface area contributed by atoms with E-state index >= 15 is 0 Å². The molecule has 0 aliphatic rings. The molecule has 0 aliphatic heterocycles. The number of hydrogen-bond donors (Lipinski definition) is 1. The third-order valence-corrected chi connectivity index (χ3v) is 3.01. The van der Waals surface area contributed by atoms with E-state index in [4.69, 9.17) is 11.6 Å². The summed E-state index contributed by atoms with van der Waals surface area (Å²) < 4.78 is 37.5. The molecule has 0 saturated carbocycles. The summed E-state index contributed by atoms with van der Waals surface area (Å²) in [6.45, 7) is 0. The van der Waals surface area contributed by atoms with E-state index in [-0.39, 0.29) is 5.70 Å². The van der Waals surface area contributed by atoms with Crippen LogP contribution in [-0.4, -0.2) is 12.0 Å². The average Bonchev–Trinajstić information content (AvgIpc) is 2.47. The Labute approximate surface area is 130 Å². The van der Waals surface area contributed by atoms with Crippen molar-refractivity contribution in [3.63, 3.8) is 0 Å². The van der Waals surface area contributed by atoms with Gasteiger partial charge in [0, 0.05) is 22.5 Å². The lowest BCUT2D eigenvalue weighted by Crippen LogP contribution is -2.21. The molecule has 0 spiro atoms. The second-order valence-corrected chi connectivity index (χ2v) is 4.85. The molecular weight excluding hydrogens is 315 g/mol.